The van der Waals surface area contributed by atoms with E-state index >= 15 is 0 Å². The molecule has 4 heteroatoms. The molecule has 0 saturated heterocycles. The molecule has 19 heavy (non-hydrogen) atoms. The molecule has 0 fully saturated rings. The van der Waals surface area contributed by atoms with Crippen LogP contribution in [0.25, 0.3) is 0 Å². The Bertz CT molecular complexity index is 376. The second-order valence-electron chi connectivity index (χ2n) is 4.94. The molecule has 1 aromatic rings. The van der Waals surface area contributed by atoms with E-state index in [1.165, 1.54) is 12.1 Å². The SMILES string of the molecule is CC(C)CCCNC(=O)CCOc1ccc(F)cc1. The van der Waals surface area contributed by atoms with Crippen LogP contribution in [0.2, 0.25) is 0 Å². The third kappa shape index (κ3) is 7.44. The Morgan fingerprint density at radius 2 is 2.00 bits per heavy atom. The summed E-state index contributed by atoms with van der Waals surface area (Å²) in [7, 11) is 0. The van der Waals surface area contributed by atoms with Crippen LogP contribution in [-0.4, -0.2) is 19.1 Å². The number of ether oxygens (including phenoxy) is 1. The standard InChI is InChI=1S/C15H22FNO2/c1-12(2)4-3-10-17-15(18)9-11-19-14-7-5-13(16)6-8-14/h5-8,12H,3-4,9-11H2,1-2H3,(H,17,18). The van der Waals surface area contributed by atoms with E-state index in [4.69, 9.17) is 4.74 Å². The summed E-state index contributed by atoms with van der Waals surface area (Å²) in [4.78, 5) is 11.5. The Morgan fingerprint density at radius 1 is 1.32 bits per heavy atom. The summed E-state index contributed by atoms with van der Waals surface area (Å²) in [5, 5.41) is 2.85. The highest BCUT2D eigenvalue weighted by Crippen LogP contribution is 2.11. The lowest BCUT2D eigenvalue weighted by atomic mass is 10.1. The zero-order valence-electron chi connectivity index (χ0n) is 11.6. The average molecular weight is 267 g/mol. The molecular formula is C15H22FNO2. The molecule has 0 unspecified atom stereocenters. The molecule has 0 radical (unpaired) electrons. The predicted octanol–water partition coefficient (Wildman–Crippen LogP) is 3.15. The van der Waals surface area contributed by atoms with Gasteiger partial charge in [0, 0.05) is 6.54 Å². The third-order valence-corrected chi connectivity index (χ3v) is 2.69. The second-order valence-corrected chi connectivity index (χ2v) is 4.94. The maximum Gasteiger partial charge on any atom is 0.223 e. The number of carbonyl (C=O) groups excluding carboxylic acids is 1. The largest absolute Gasteiger partial charge is 0.493 e. The van der Waals surface area contributed by atoms with Crippen LogP contribution >= 0.6 is 0 Å². The van der Waals surface area contributed by atoms with Crippen LogP contribution in [0.1, 0.15) is 33.1 Å². The van der Waals surface area contributed by atoms with Gasteiger partial charge in [0.2, 0.25) is 5.91 Å². The zero-order valence-corrected chi connectivity index (χ0v) is 11.6. The first-order valence-electron chi connectivity index (χ1n) is 6.73. The van der Waals surface area contributed by atoms with Gasteiger partial charge < -0.3 is 10.1 Å². The number of nitrogens with one attached hydrogen (secondary N) is 1. The highest BCUT2D eigenvalue weighted by Gasteiger charge is 2.02. The summed E-state index contributed by atoms with van der Waals surface area (Å²) in [5.41, 5.74) is 0. The van der Waals surface area contributed by atoms with Gasteiger partial charge in [-0.25, -0.2) is 4.39 Å². The van der Waals surface area contributed by atoms with Gasteiger partial charge in [-0.3, -0.25) is 4.79 Å². The van der Waals surface area contributed by atoms with Crippen molar-refractivity contribution >= 4 is 5.91 Å². The number of hydrogen-bond donors (Lipinski definition) is 1. The van der Waals surface area contributed by atoms with E-state index in [1.807, 2.05) is 0 Å². The molecule has 0 aliphatic heterocycles. The first-order valence-corrected chi connectivity index (χ1v) is 6.73. The Labute approximate surface area is 114 Å². The fourth-order valence-corrected chi connectivity index (χ4v) is 1.62. The van der Waals surface area contributed by atoms with Crippen molar-refractivity contribution in [3.05, 3.63) is 30.1 Å². The Balaban J connectivity index is 2.08. The van der Waals surface area contributed by atoms with Gasteiger partial charge >= 0.3 is 0 Å². The molecule has 1 N–H and O–H groups in total. The number of amides is 1. The van der Waals surface area contributed by atoms with Gasteiger partial charge in [0.25, 0.3) is 0 Å². The fraction of sp³-hybridized carbons (Fsp3) is 0.533. The van der Waals surface area contributed by atoms with E-state index in [0.717, 1.165) is 12.8 Å². The molecule has 106 valence electrons. The summed E-state index contributed by atoms with van der Waals surface area (Å²) < 4.78 is 18.0. The first kappa shape index (κ1) is 15.5. The highest BCUT2D eigenvalue weighted by atomic mass is 19.1. The number of rotatable bonds is 8. The molecule has 0 aliphatic carbocycles. The lowest BCUT2D eigenvalue weighted by Crippen LogP contribution is -2.26. The van der Waals surface area contributed by atoms with Crippen LogP contribution in [0, 0.1) is 11.7 Å². The molecular weight excluding hydrogens is 245 g/mol. The van der Waals surface area contributed by atoms with Gasteiger partial charge in [-0.15, -0.1) is 0 Å². The number of halogens is 1. The Morgan fingerprint density at radius 3 is 2.63 bits per heavy atom. The van der Waals surface area contributed by atoms with Crippen molar-refractivity contribution in [2.24, 2.45) is 5.92 Å². The number of benzene rings is 1. The summed E-state index contributed by atoms with van der Waals surface area (Å²) >= 11 is 0. The van der Waals surface area contributed by atoms with Crippen LogP contribution in [0.4, 0.5) is 4.39 Å². The van der Waals surface area contributed by atoms with Crippen molar-refractivity contribution in [3.63, 3.8) is 0 Å². The van der Waals surface area contributed by atoms with E-state index < -0.39 is 0 Å². The van der Waals surface area contributed by atoms with Gasteiger partial charge in [0.1, 0.15) is 11.6 Å². The minimum Gasteiger partial charge on any atom is -0.493 e. The van der Waals surface area contributed by atoms with E-state index in [0.29, 0.717) is 31.2 Å². The van der Waals surface area contributed by atoms with Crippen molar-refractivity contribution in [2.45, 2.75) is 33.1 Å². The number of hydrogen-bond acceptors (Lipinski definition) is 2. The smallest absolute Gasteiger partial charge is 0.223 e. The van der Waals surface area contributed by atoms with Crippen molar-refractivity contribution in [2.75, 3.05) is 13.2 Å². The quantitative estimate of drug-likeness (QED) is 0.735. The van der Waals surface area contributed by atoms with E-state index in [1.54, 1.807) is 12.1 Å². The molecule has 1 amide bonds. The lowest BCUT2D eigenvalue weighted by molar-refractivity contribution is -0.121. The maximum absolute atomic E-state index is 12.6. The third-order valence-electron chi connectivity index (χ3n) is 2.69. The molecule has 0 heterocycles. The maximum atomic E-state index is 12.6. The second kappa shape index (κ2) is 8.51. The topological polar surface area (TPSA) is 38.3 Å². The first-order chi connectivity index (χ1) is 9.08. The van der Waals surface area contributed by atoms with Gasteiger partial charge in [-0.2, -0.15) is 0 Å². The lowest BCUT2D eigenvalue weighted by Gasteiger charge is -2.08. The molecule has 1 aromatic carbocycles. The van der Waals surface area contributed by atoms with Gasteiger partial charge in [0.05, 0.1) is 13.0 Å². The summed E-state index contributed by atoms with van der Waals surface area (Å²) in [6.45, 7) is 5.35. The van der Waals surface area contributed by atoms with E-state index in [-0.39, 0.29) is 11.7 Å². The Hall–Kier alpha value is -1.58. The molecule has 3 nitrogen and oxygen atoms in total. The predicted molar refractivity (Wildman–Crippen MR) is 73.6 cm³/mol. The van der Waals surface area contributed by atoms with E-state index in [9.17, 15) is 9.18 Å². The monoisotopic (exact) mass is 267 g/mol. The van der Waals surface area contributed by atoms with Gasteiger partial charge in [0.15, 0.2) is 0 Å². The van der Waals surface area contributed by atoms with E-state index in [2.05, 4.69) is 19.2 Å². The van der Waals surface area contributed by atoms with Crippen molar-refractivity contribution in [1.29, 1.82) is 0 Å². The minimum absolute atomic E-state index is 0.00846. The van der Waals surface area contributed by atoms with Crippen molar-refractivity contribution in [3.8, 4) is 5.75 Å². The van der Waals surface area contributed by atoms with Crippen molar-refractivity contribution < 1.29 is 13.9 Å². The summed E-state index contributed by atoms with van der Waals surface area (Å²) in [6, 6.07) is 5.77. The highest BCUT2D eigenvalue weighted by molar-refractivity contribution is 5.75. The van der Waals surface area contributed by atoms with Crippen LogP contribution in [0.3, 0.4) is 0 Å². The molecule has 0 spiro atoms. The molecule has 0 aromatic heterocycles. The minimum atomic E-state index is -0.296. The Kier molecular flexibility index (Phi) is 6.93. The van der Waals surface area contributed by atoms with Gasteiger partial charge in [-0.05, 0) is 43.0 Å². The summed E-state index contributed by atoms with van der Waals surface area (Å²) in [6.07, 6.45) is 2.44. The van der Waals surface area contributed by atoms with Gasteiger partial charge in [-0.1, -0.05) is 13.8 Å². The molecule has 1 rings (SSSR count). The number of carbonyl (C=O) groups is 1. The average Bonchev–Trinajstić information content (AvgIpc) is 2.37. The molecule has 0 aliphatic rings. The summed E-state index contributed by atoms with van der Waals surface area (Å²) in [5.74, 6) is 0.939. The molecule has 0 atom stereocenters. The normalized spacial score (nSPS) is 10.5. The van der Waals surface area contributed by atoms with Crippen LogP contribution in [0.15, 0.2) is 24.3 Å². The van der Waals surface area contributed by atoms with Crippen LogP contribution in [-0.2, 0) is 4.79 Å². The zero-order chi connectivity index (χ0) is 14.1. The van der Waals surface area contributed by atoms with Crippen LogP contribution in [0.5, 0.6) is 5.75 Å². The van der Waals surface area contributed by atoms with Crippen LogP contribution < -0.4 is 10.1 Å². The fourth-order valence-electron chi connectivity index (χ4n) is 1.62. The molecule has 0 saturated carbocycles. The van der Waals surface area contributed by atoms with Crippen molar-refractivity contribution in [1.82, 2.24) is 5.32 Å². The molecule has 0 bridgehead atoms.